The summed E-state index contributed by atoms with van der Waals surface area (Å²) in [6.45, 7) is 6.87. The summed E-state index contributed by atoms with van der Waals surface area (Å²) in [5.41, 5.74) is 5.87. The van der Waals surface area contributed by atoms with E-state index >= 15 is 0 Å². The standard InChI is InChI=1S/C11H22N4O.HI/c1-9-3-7-15(8-4-9)11(12)14-6-5-13-10(2)16;/h9H,3-8H2,1-2H3,(H2,12,14)(H,13,16);1H. The van der Waals surface area contributed by atoms with E-state index in [4.69, 9.17) is 5.73 Å². The highest BCUT2D eigenvalue weighted by Gasteiger charge is 2.16. The van der Waals surface area contributed by atoms with Crippen LogP contribution in [0.4, 0.5) is 0 Å². The average Bonchev–Trinajstić information content (AvgIpc) is 2.25. The maximum atomic E-state index is 10.6. The summed E-state index contributed by atoms with van der Waals surface area (Å²) in [5, 5.41) is 2.69. The summed E-state index contributed by atoms with van der Waals surface area (Å²) < 4.78 is 0. The van der Waals surface area contributed by atoms with Crippen LogP contribution in [0, 0.1) is 5.92 Å². The van der Waals surface area contributed by atoms with Crippen molar-refractivity contribution in [2.24, 2.45) is 16.6 Å². The first-order valence-corrected chi connectivity index (χ1v) is 5.89. The molecule has 0 radical (unpaired) electrons. The fourth-order valence-corrected chi connectivity index (χ4v) is 1.74. The van der Waals surface area contributed by atoms with Crippen molar-refractivity contribution >= 4 is 35.8 Å². The summed E-state index contributed by atoms with van der Waals surface area (Å²) in [6.07, 6.45) is 2.36. The number of halogens is 1. The molecule has 0 spiro atoms. The zero-order valence-electron chi connectivity index (χ0n) is 10.6. The van der Waals surface area contributed by atoms with Crippen LogP contribution in [0.1, 0.15) is 26.7 Å². The van der Waals surface area contributed by atoms with Gasteiger partial charge in [-0.05, 0) is 18.8 Å². The Labute approximate surface area is 120 Å². The molecule has 0 unspecified atom stereocenters. The monoisotopic (exact) mass is 354 g/mol. The smallest absolute Gasteiger partial charge is 0.216 e. The number of hydrogen-bond acceptors (Lipinski definition) is 2. The number of aliphatic imine (C=N–C) groups is 1. The van der Waals surface area contributed by atoms with Gasteiger partial charge in [-0.1, -0.05) is 6.92 Å². The molecule has 1 rings (SSSR count). The molecule has 1 aliphatic heterocycles. The molecule has 1 saturated heterocycles. The predicted octanol–water partition coefficient (Wildman–Crippen LogP) is 0.787. The maximum Gasteiger partial charge on any atom is 0.216 e. The van der Waals surface area contributed by atoms with Crippen molar-refractivity contribution in [1.29, 1.82) is 0 Å². The normalized spacial score (nSPS) is 17.5. The summed E-state index contributed by atoms with van der Waals surface area (Å²) in [7, 11) is 0. The van der Waals surface area contributed by atoms with Crippen molar-refractivity contribution in [2.75, 3.05) is 26.2 Å². The van der Waals surface area contributed by atoms with Crippen LogP contribution in [-0.4, -0.2) is 42.9 Å². The Morgan fingerprint density at radius 3 is 2.59 bits per heavy atom. The molecule has 100 valence electrons. The Morgan fingerprint density at radius 1 is 1.47 bits per heavy atom. The first kappa shape index (κ1) is 16.5. The number of nitrogens with zero attached hydrogens (tertiary/aromatic N) is 2. The molecular weight excluding hydrogens is 331 g/mol. The summed E-state index contributed by atoms with van der Waals surface area (Å²) >= 11 is 0. The van der Waals surface area contributed by atoms with Crippen LogP contribution in [0.2, 0.25) is 0 Å². The van der Waals surface area contributed by atoms with Crippen LogP contribution in [0.15, 0.2) is 4.99 Å². The van der Waals surface area contributed by atoms with E-state index in [2.05, 4.69) is 22.1 Å². The molecule has 17 heavy (non-hydrogen) atoms. The number of amides is 1. The zero-order valence-corrected chi connectivity index (χ0v) is 12.9. The lowest BCUT2D eigenvalue weighted by atomic mass is 10.00. The topological polar surface area (TPSA) is 70.7 Å². The number of nitrogens with one attached hydrogen (secondary N) is 1. The van der Waals surface area contributed by atoms with Crippen molar-refractivity contribution in [3.8, 4) is 0 Å². The molecule has 0 aromatic rings. The number of hydrogen-bond donors (Lipinski definition) is 2. The Hall–Kier alpha value is -0.530. The fraction of sp³-hybridized carbons (Fsp3) is 0.818. The van der Waals surface area contributed by atoms with Crippen molar-refractivity contribution in [2.45, 2.75) is 26.7 Å². The number of carbonyl (C=O) groups is 1. The molecule has 0 aromatic heterocycles. The van der Waals surface area contributed by atoms with Gasteiger partial charge in [0.25, 0.3) is 0 Å². The van der Waals surface area contributed by atoms with E-state index in [9.17, 15) is 4.79 Å². The molecule has 1 aliphatic rings. The molecule has 0 aromatic carbocycles. The molecule has 0 saturated carbocycles. The molecular formula is C11H23IN4O. The van der Waals surface area contributed by atoms with Crippen LogP contribution in [0.3, 0.4) is 0 Å². The quantitative estimate of drug-likeness (QED) is 0.341. The molecule has 6 heteroatoms. The predicted molar refractivity (Wildman–Crippen MR) is 80.6 cm³/mol. The van der Waals surface area contributed by atoms with E-state index in [1.165, 1.54) is 19.8 Å². The molecule has 1 heterocycles. The van der Waals surface area contributed by atoms with E-state index in [0.717, 1.165) is 19.0 Å². The number of nitrogens with two attached hydrogens (primary N) is 1. The molecule has 1 fully saturated rings. The lowest BCUT2D eigenvalue weighted by molar-refractivity contribution is -0.118. The number of rotatable bonds is 3. The Balaban J connectivity index is 0.00000256. The average molecular weight is 354 g/mol. The second-order valence-electron chi connectivity index (χ2n) is 4.39. The molecule has 0 atom stereocenters. The highest BCUT2D eigenvalue weighted by atomic mass is 127. The van der Waals surface area contributed by atoms with Gasteiger partial charge in [0, 0.05) is 26.6 Å². The minimum atomic E-state index is -0.0273. The second-order valence-corrected chi connectivity index (χ2v) is 4.39. The van der Waals surface area contributed by atoms with Crippen LogP contribution in [0.25, 0.3) is 0 Å². The zero-order chi connectivity index (χ0) is 12.0. The van der Waals surface area contributed by atoms with Gasteiger partial charge >= 0.3 is 0 Å². The van der Waals surface area contributed by atoms with E-state index in [1.54, 1.807) is 0 Å². The Kier molecular flexibility index (Phi) is 8.28. The fourth-order valence-electron chi connectivity index (χ4n) is 1.74. The van der Waals surface area contributed by atoms with Crippen LogP contribution >= 0.6 is 24.0 Å². The van der Waals surface area contributed by atoms with E-state index in [0.29, 0.717) is 19.0 Å². The molecule has 3 N–H and O–H groups in total. The van der Waals surface area contributed by atoms with Gasteiger partial charge in [0.05, 0.1) is 6.54 Å². The van der Waals surface area contributed by atoms with Crippen LogP contribution in [0.5, 0.6) is 0 Å². The number of likely N-dealkylation sites (tertiary alicyclic amines) is 1. The third kappa shape index (κ3) is 6.70. The van der Waals surface area contributed by atoms with Crippen molar-refractivity contribution in [3.05, 3.63) is 0 Å². The van der Waals surface area contributed by atoms with Gasteiger partial charge in [0.1, 0.15) is 0 Å². The van der Waals surface area contributed by atoms with Crippen LogP contribution in [-0.2, 0) is 4.79 Å². The molecule has 1 amide bonds. The molecule has 0 aliphatic carbocycles. The minimum Gasteiger partial charge on any atom is -0.370 e. The Morgan fingerprint density at radius 2 is 2.06 bits per heavy atom. The van der Waals surface area contributed by atoms with Crippen LogP contribution < -0.4 is 11.1 Å². The largest absolute Gasteiger partial charge is 0.370 e. The molecule has 0 bridgehead atoms. The lowest BCUT2D eigenvalue weighted by Crippen LogP contribution is -2.42. The van der Waals surface area contributed by atoms with E-state index < -0.39 is 0 Å². The lowest BCUT2D eigenvalue weighted by Gasteiger charge is -2.31. The number of piperidine rings is 1. The van der Waals surface area contributed by atoms with Gasteiger partial charge in [0.2, 0.25) is 5.91 Å². The highest BCUT2D eigenvalue weighted by molar-refractivity contribution is 14.0. The van der Waals surface area contributed by atoms with Gasteiger partial charge in [-0.25, -0.2) is 0 Å². The first-order valence-electron chi connectivity index (χ1n) is 5.89. The SMILES string of the molecule is CC(=O)NCCN=C(N)N1CCC(C)CC1.I. The first-order chi connectivity index (χ1) is 7.59. The minimum absolute atomic E-state index is 0. The van der Waals surface area contributed by atoms with Gasteiger partial charge in [-0.3, -0.25) is 9.79 Å². The van der Waals surface area contributed by atoms with Gasteiger partial charge in [-0.15, -0.1) is 24.0 Å². The molecule has 5 nitrogen and oxygen atoms in total. The van der Waals surface area contributed by atoms with Crippen molar-refractivity contribution < 1.29 is 4.79 Å². The van der Waals surface area contributed by atoms with Gasteiger partial charge < -0.3 is 16.0 Å². The van der Waals surface area contributed by atoms with Crippen molar-refractivity contribution in [3.63, 3.8) is 0 Å². The highest BCUT2D eigenvalue weighted by Crippen LogP contribution is 2.15. The third-order valence-electron chi connectivity index (χ3n) is 2.87. The maximum absolute atomic E-state index is 10.6. The summed E-state index contributed by atoms with van der Waals surface area (Å²) in [6, 6.07) is 0. The summed E-state index contributed by atoms with van der Waals surface area (Å²) in [5.74, 6) is 1.38. The Bertz CT molecular complexity index is 262. The number of guanidine groups is 1. The van der Waals surface area contributed by atoms with E-state index in [-0.39, 0.29) is 29.9 Å². The van der Waals surface area contributed by atoms with Gasteiger partial charge in [-0.2, -0.15) is 0 Å². The number of carbonyl (C=O) groups excluding carboxylic acids is 1. The third-order valence-corrected chi connectivity index (χ3v) is 2.87. The summed E-state index contributed by atoms with van der Waals surface area (Å²) in [4.78, 5) is 17.0. The van der Waals surface area contributed by atoms with Gasteiger partial charge in [0.15, 0.2) is 5.96 Å². The second kappa shape index (κ2) is 8.54. The van der Waals surface area contributed by atoms with E-state index in [1.807, 2.05) is 0 Å². The van der Waals surface area contributed by atoms with Crippen molar-refractivity contribution in [1.82, 2.24) is 10.2 Å².